The summed E-state index contributed by atoms with van der Waals surface area (Å²) >= 11 is 0. The Morgan fingerprint density at radius 2 is 1.44 bits per heavy atom. The highest BCUT2D eigenvalue weighted by Gasteiger charge is 2.31. The summed E-state index contributed by atoms with van der Waals surface area (Å²) in [7, 11) is 0. The second-order valence-electron chi connectivity index (χ2n) is 7.55. The van der Waals surface area contributed by atoms with Crippen LogP contribution in [0, 0.1) is 5.92 Å². The van der Waals surface area contributed by atoms with Gasteiger partial charge < -0.3 is 37.6 Å². The lowest BCUT2D eigenvalue weighted by Crippen LogP contribution is -2.58. The first-order chi connectivity index (χ1) is 14.8. The maximum atomic E-state index is 12.7. The third-order valence-electron chi connectivity index (χ3n) is 4.85. The molecule has 5 unspecified atom stereocenters. The minimum atomic E-state index is -1.44. The van der Waals surface area contributed by atoms with Crippen LogP contribution in [0.1, 0.15) is 52.9 Å². The molecule has 0 radical (unpaired) electrons. The number of rotatable bonds is 15. The van der Waals surface area contributed by atoms with Crippen LogP contribution in [0.5, 0.6) is 0 Å². The Morgan fingerprint density at radius 1 is 0.844 bits per heavy atom. The van der Waals surface area contributed by atoms with Crippen molar-refractivity contribution in [2.45, 2.75) is 77.0 Å². The number of hydrogen-bond acceptors (Lipinski definition) is 7. The van der Waals surface area contributed by atoms with Crippen molar-refractivity contribution in [3.05, 3.63) is 0 Å². The van der Waals surface area contributed by atoms with Crippen LogP contribution in [-0.4, -0.2) is 69.9 Å². The van der Waals surface area contributed by atoms with Crippen LogP contribution in [-0.2, 0) is 28.8 Å². The number of carboxylic acids is 2. The lowest BCUT2D eigenvalue weighted by molar-refractivity contribution is -0.143. The summed E-state index contributed by atoms with van der Waals surface area (Å²) in [6, 6.07) is -4.70. The number of aliphatic carboxylic acids is 2. The molecule has 4 amide bonds. The van der Waals surface area contributed by atoms with Crippen LogP contribution in [0.2, 0.25) is 0 Å². The van der Waals surface area contributed by atoms with Crippen molar-refractivity contribution < 1.29 is 39.0 Å². The minimum absolute atomic E-state index is 0.00173. The SMILES string of the molecule is CCC(C)C(NC(=O)C(N)CCC(N)=O)C(=O)NC(C)C(=O)NC(CCC(=O)O)C(=O)O. The van der Waals surface area contributed by atoms with Gasteiger partial charge in [0.15, 0.2) is 0 Å². The van der Waals surface area contributed by atoms with E-state index in [1.54, 1.807) is 13.8 Å². The number of amides is 4. The molecular formula is C19H33N5O8. The highest BCUT2D eigenvalue weighted by molar-refractivity contribution is 5.94. The quantitative estimate of drug-likeness (QED) is 0.144. The summed E-state index contributed by atoms with van der Waals surface area (Å²) in [4.78, 5) is 70.0. The molecule has 13 heteroatoms. The van der Waals surface area contributed by atoms with Gasteiger partial charge in [0, 0.05) is 12.8 Å². The Bertz CT molecular complexity index is 714. The lowest BCUT2D eigenvalue weighted by Gasteiger charge is -2.26. The van der Waals surface area contributed by atoms with Gasteiger partial charge in [-0.15, -0.1) is 0 Å². The average Bonchev–Trinajstić information content (AvgIpc) is 2.71. The summed E-state index contributed by atoms with van der Waals surface area (Å²) in [5.41, 5.74) is 10.8. The first kappa shape index (κ1) is 28.8. The minimum Gasteiger partial charge on any atom is -0.481 e. The molecule has 0 aromatic rings. The number of primary amides is 1. The van der Waals surface area contributed by atoms with Crippen molar-refractivity contribution >= 4 is 35.6 Å². The van der Waals surface area contributed by atoms with Gasteiger partial charge in [-0.1, -0.05) is 20.3 Å². The van der Waals surface area contributed by atoms with Crippen molar-refractivity contribution in [3.8, 4) is 0 Å². The van der Waals surface area contributed by atoms with Crippen LogP contribution in [0.25, 0.3) is 0 Å². The largest absolute Gasteiger partial charge is 0.481 e. The van der Waals surface area contributed by atoms with E-state index in [4.69, 9.17) is 21.7 Å². The summed E-state index contributed by atoms with van der Waals surface area (Å²) < 4.78 is 0. The van der Waals surface area contributed by atoms with E-state index >= 15 is 0 Å². The third kappa shape index (κ3) is 10.7. The van der Waals surface area contributed by atoms with E-state index in [-0.39, 0.29) is 25.2 Å². The maximum Gasteiger partial charge on any atom is 0.326 e. The molecule has 0 bridgehead atoms. The Morgan fingerprint density at radius 3 is 1.91 bits per heavy atom. The van der Waals surface area contributed by atoms with Crippen molar-refractivity contribution in [2.24, 2.45) is 17.4 Å². The number of carboxylic acid groups (broad SMARTS) is 2. The summed E-state index contributed by atoms with van der Waals surface area (Å²) in [6.07, 6.45) is -0.381. The number of hydrogen-bond donors (Lipinski definition) is 7. The molecule has 0 rings (SSSR count). The lowest BCUT2D eigenvalue weighted by atomic mass is 9.97. The Balaban J connectivity index is 5.10. The second-order valence-corrected chi connectivity index (χ2v) is 7.55. The normalized spacial score (nSPS) is 15.4. The molecule has 13 nitrogen and oxygen atoms in total. The highest BCUT2D eigenvalue weighted by Crippen LogP contribution is 2.09. The zero-order valence-electron chi connectivity index (χ0n) is 18.4. The maximum absolute atomic E-state index is 12.7. The highest BCUT2D eigenvalue weighted by atomic mass is 16.4. The number of nitrogens with two attached hydrogens (primary N) is 2. The molecule has 0 saturated carbocycles. The van der Waals surface area contributed by atoms with Gasteiger partial charge in [-0.05, 0) is 25.7 Å². The number of carbonyl (C=O) groups excluding carboxylic acids is 4. The van der Waals surface area contributed by atoms with Gasteiger partial charge in [-0.3, -0.25) is 24.0 Å². The fraction of sp³-hybridized carbons (Fsp3) is 0.684. The van der Waals surface area contributed by atoms with Crippen molar-refractivity contribution in [1.82, 2.24) is 16.0 Å². The molecule has 0 spiro atoms. The topological polar surface area (TPSA) is 231 Å². The molecule has 0 aliphatic rings. The van der Waals surface area contributed by atoms with Crippen molar-refractivity contribution in [3.63, 3.8) is 0 Å². The number of nitrogens with one attached hydrogen (secondary N) is 3. The van der Waals surface area contributed by atoms with Gasteiger partial charge >= 0.3 is 11.9 Å². The third-order valence-corrected chi connectivity index (χ3v) is 4.85. The monoisotopic (exact) mass is 459 g/mol. The van der Waals surface area contributed by atoms with Gasteiger partial charge in [0.1, 0.15) is 18.1 Å². The van der Waals surface area contributed by atoms with Gasteiger partial charge in [0.05, 0.1) is 6.04 Å². The molecule has 182 valence electrons. The smallest absolute Gasteiger partial charge is 0.326 e. The molecule has 0 aliphatic heterocycles. The molecule has 0 heterocycles. The first-order valence-electron chi connectivity index (χ1n) is 10.2. The second kappa shape index (κ2) is 14.0. The van der Waals surface area contributed by atoms with Gasteiger partial charge in [0.2, 0.25) is 23.6 Å². The predicted molar refractivity (Wildman–Crippen MR) is 112 cm³/mol. The molecule has 0 aromatic carbocycles. The van der Waals surface area contributed by atoms with Crippen molar-refractivity contribution in [2.75, 3.05) is 0 Å². The van der Waals surface area contributed by atoms with E-state index in [0.29, 0.717) is 6.42 Å². The van der Waals surface area contributed by atoms with E-state index in [2.05, 4.69) is 16.0 Å². The van der Waals surface area contributed by atoms with E-state index in [0.717, 1.165) is 0 Å². The Kier molecular flexibility index (Phi) is 12.6. The van der Waals surface area contributed by atoms with Crippen molar-refractivity contribution in [1.29, 1.82) is 0 Å². The molecule has 0 saturated heterocycles. The summed E-state index contributed by atoms with van der Waals surface area (Å²) in [5, 5.41) is 24.9. The first-order valence-corrected chi connectivity index (χ1v) is 10.2. The van der Waals surface area contributed by atoms with Gasteiger partial charge in [-0.25, -0.2) is 4.79 Å². The molecule has 32 heavy (non-hydrogen) atoms. The van der Waals surface area contributed by atoms with E-state index < -0.39 is 66.2 Å². The van der Waals surface area contributed by atoms with Gasteiger partial charge in [0.25, 0.3) is 0 Å². The van der Waals surface area contributed by atoms with E-state index in [1.165, 1.54) is 6.92 Å². The van der Waals surface area contributed by atoms with Crippen LogP contribution in [0.3, 0.4) is 0 Å². The summed E-state index contributed by atoms with van der Waals surface area (Å²) in [5.74, 6) is -5.75. The number of carbonyl (C=O) groups is 6. The van der Waals surface area contributed by atoms with Gasteiger partial charge in [-0.2, -0.15) is 0 Å². The zero-order valence-corrected chi connectivity index (χ0v) is 18.4. The van der Waals surface area contributed by atoms with E-state index in [1.807, 2.05) is 0 Å². The standard InChI is InChI=1S/C19H33N5O8/c1-4-9(2)15(24-17(29)11(20)5-7-13(21)25)18(30)22-10(3)16(28)23-12(19(31)32)6-8-14(26)27/h9-12,15H,4-8,20H2,1-3H3,(H2,21,25)(H,22,30)(H,23,28)(H,24,29)(H,26,27)(H,31,32). The summed E-state index contributed by atoms with van der Waals surface area (Å²) in [6.45, 7) is 4.81. The molecule has 0 fully saturated rings. The molecule has 0 aromatic heterocycles. The fourth-order valence-corrected chi connectivity index (χ4v) is 2.58. The van der Waals surface area contributed by atoms with Crippen LogP contribution in [0.15, 0.2) is 0 Å². The van der Waals surface area contributed by atoms with Crippen LogP contribution >= 0.6 is 0 Å². The molecule has 0 aliphatic carbocycles. The Hall–Kier alpha value is -3.22. The zero-order chi connectivity index (χ0) is 25.0. The fourth-order valence-electron chi connectivity index (χ4n) is 2.58. The van der Waals surface area contributed by atoms with E-state index in [9.17, 15) is 28.8 Å². The molecule has 5 atom stereocenters. The average molecular weight is 460 g/mol. The molecular weight excluding hydrogens is 426 g/mol. The van der Waals surface area contributed by atoms with Crippen LogP contribution < -0.4 is 27.4 Å². The predicted octanol–water partition coefficient (Wildman–Crippen LogP) is -1.95. The van der Waals surface area contributed by atoms with Crippen LogP contribution in [0.4, 0.5) is 0 Å². The molecule has 9 N–H and O–H groups in total. The Labute approximate surface area is 185 Å².